The highest BCUT2D eigenvalue weighted by Crippen LogP contribution is 2.19. The van der Waals surface area contributed by atoms with Gasteiger partial charge in [0.25, 0.3) is 5.91 Å². The van der Waals surface area contributed by atoms with Crippen molar-refractivity contribution in [1.29, 1.82) is 0 Å². The lowest BCUT2D eigenvalue weighted by Crippen LogP contribution is -2.49. The van der Waals surface area contributed by atoms with Gasteiger partial charge in [-0.3, -0.25) is 9.59 Å². The fraction of sp³-hybridized carbons (Fsp3) is 0.400. The molecule has 0 unspecified atom stereocenters. The number of nitrogens with one attached hydrogen (secondary N) is 1. The quantitative estimate of drug-likeness (QED) is 0.663. The maximum atomic E-state index is 12.5. The van der Waals surface area contributed by atoms with Crippen LogP contribution in [-0.2, 0) is 17.6 Å². The molecule has 26 heavy (non-hydrogen) atoms. The largest absolute Gasteiger partial charge is 0.481 e. The van der Waals surface area contributed by atoms with Crippen LogP contribution in [0.5, 0.6) is 0 Å². The lowest BCUT2D eigenvalue weighted by atomic mass is 10.1. The van der Waals surface area contributed by atoms with Crippen LogP contribution < -0.4 is 5.32 Å². The monoisotopic (exact) mass is 375 g/mol. The SMILES string of the molecule is C[N+](C)(C)C[C@@H](CC(=O)O)NC(=O)c1ccc(CCc2ccccc2)s1. The summed E-state index contributed by atoms with van der Waals surface area (Å²) >= 11 is 1.47. The van der Waals surface area contributed by atoms with Crippen LogP contribution in [0.25, 0.3) is 0 Å². The van der Waals surface area contributed by atoms with Crippen molar-refractivity contribution in [3.8, 4) is 0 Å². The van der Waals surface area contributed by atoms with E-state index >= 15 is 0 Å². The number of aryl methyl sites for hydroxylation is 2. The zero-order valence-electron chi connectivity index (χ0n) is 15.6. The summed E-state index contributed by atoms with van der Waals surface area (Å²) in [5.41, 5.74) is 1.27. The Hall–Kier alpha value is -2.18. The summed E-state index contributed by atoms with van der Waals surface area (Å²) in [5, 5.41) is 12.0. The Balaban J connectivity index is 1.95. The van der Waals surface area contributed by atoms with Crippen LogP contribution >= 0.6 is 11.3 Å². The number of carbonyl (C=O) groups is 2. The molecule has 0 radical (unpaired) electrons. The number of amides is 1. The van der Waals surface area contributed by atoms with Crippen LogP contribution in [0.3, 0.4) is 0 Å². The topological polar surface area (TPSA) is 66.4 Å². The summed E-state index contributed by atoms with van der Waals surface area (Å²) in [6.07, 6.45) is 1.75. The number of quaternary nitrogens is 1. The van der Waals surface area contributed by atoms with Gasteiger partial charge in [-0.05, 0) is 30.5 Å². The van der Waals surface area contributed by atoms with E-state index < -0.39 is 12.0 Å². The number of carbonyl (C=O) groups excluding carboxylic acids is 1. The summed E-state index contributed by atoms with van der Waals surface area (Å²) in [4.78, 5) is 25.4. The normalized spacial score (nSPS) is 12.6. The number of carboxylic acids is 1. The molecule has 1 heterocycles. The smallest absolute Gasteiger partial charge is 0.305 e. The molecule has 2 rings (SSSR count). The van der Waals surface area contributed by atoms with Crippen molar-refractivity contribution in [1.82, 2.24) is 5.32 Å². The molecule has 1 aromatic carbocycles. The van der Waals surface area contributed by atoms with E-state index in [1.807, 2.05) is 51.5 Å². The van der Waals surface area contributed by atoms with Crippen LogP contribution in [0.1, 0.15) is 26.5 Å². The van der Waals surface area contributed by atoms with E-state index in [0.717, 1.165) is 17.7 Å². The average Bonchev–Trinajstić information content (AvgIpc) is 3.00. The third-order valence-electron chi connectivity index (χ3n) is 3.91. The summed E-state index contributed by atoms with van der Waals surface area (Å²) in [6, 6.07) is 13.7. The predicted molar refractivity (Wildman–Crippen MR) is 105 cm³/mol. The van der Waals surface area contributed by atoms with Gasteiger partial charge in [0.1, 0.15) is 0 Å². The minimum absolute atomic E-state index is 0.0759. The molecule has 0 aliphatic carbocycles. The van der Waals surface area contributed by atoms with E-state index in [-0.39, 0.29) is 12.3 Å². The Labute approximate surface area is 158 Å². The van der Waals surface area contributed by atoms with Gasteiger partial charge in [-0.15, -0.1) is 11.3 Å². The first-order chi connectivity index (χ1) is 12.2. The number of thiophene rings is 1. The molecule has 2 aromatic rings. The standard InChI is InChI=1S/C20H26N2O3S/c1-22(2,3)14-16(13-19(23)24)21-20(25)18-12-11-17(26-18)10-9-15-7-5-4-6-8-15/h4-8,11-12,16H,9-10,13-14H2,1-3H3,(H-,21,23,24,25)/p+1/t16-/m1/s1. The molecule has 0 spiro atoms. The van der Waals surface area contributed by atoms with Crippen molar-refractivity contribution in [3.63, 3.8) is 0 Å². The van der Waals surface area contributed by atoms with E-state index in [9.17, 15) is 9.59 Å². The Morgan fingerprint density at radius 3 is 2.38 bits per heavy atom. The second kappa shape index (κ2) is 8.96. The van der Waals surface area contributed by atoms with E-state index in [0.29, 0.717) is 15.9 Å². The predicted octanol–water partition coefficient (Wildman–Crippen LogP) is 2.81. The number of carboxylic acid groups (broad SMARTS) is 1. The number of nitrogens with zero attached hydrogens (tertiary/aromatic N) is 1. The molecule has 0 aliphatic rings. The van der Waals surface area contributed by atoms with Crippen LogP contribution in [0.2, 0.25) is 0 Å². The molecule has 0 saturated carbocycles. The molecule has 140 valence electrons. The Morgan fingerprint density at radius 2 is 1.77 bits per heavy atom. The van der Waals surface area contributed by atoms with Gasteiger partial charge in [-0.2, -0.15) is 0 Å². The number of aliphatic carboxylic acids is 1. The van der Waals surface area contributed by atoms with Gasteiger partial charge in [-0.1, -0.05) is 30.3 Å². The molecule has 0 bridgehead atoms. The molecule has 5 nitrogen and oxygen atoms in total. The van der Waals surface area contributed by atoms with Crippen LogP contribution in [0.4, 0.5) is 0 Å². The van der Waals surface area contributed by atoms with Gasteiger partial charge in [0.15, 0.2) is 0 Å². The Kier molecular flexibility index (Phi) is 6.94. The Bertz CT molecular complexity index is 735. The third kappa shape index (κ3) is 6.98. The zero-order chi connectivity index (χ0) is 19.2. The molecule has 0 aliphatic heterocycles. The number of hydrogen-bond acceptors (Lipinski definition) is 3. The maximum Gasteiger partial charge on any atom is 0.305 e. The number of rotatable bonds is 9. The van der Waals surface area contributed by atoms with E-state index in [1.54, 1.807) is 0 Å². The Morgan fingerprint density at radius 1 is 1.08 bits per heavy atom. The van der Waals surface area contributed by atoms with Crippen LogP contribution in [0.15, 0.2) is 42.5 Å². The molecule has 0 fully saturated rings. The van der Waals surface area contributed by atoms with E-state index in [4.69, 9.17) is 5.11 Å². The average molecular weight is 376 g/mol. The fourth-order valence-corrected chi connectivity index (χ4v) is 3.75. The lowest BCUT2D eigenvalue weighted by Gasteiger charge is -2.29. The number of hydrogen-bond donors (Lipinski definition) is 2. The highest BCUT2D eigenvalue weighted by molar-refractivity contribution is 7.14. The van der Waals surface area contributed by atoms with Gasteiger partial charge in [0, 0.05) is 4.88 Å². The fourth-order valence-electron chi connectivity index (χ4n) is 2.84. The molecular formula is C20H27N2O3S+. The first-order valence-corrected chi connectivity index (χ1v) is 9.50. The second-order valence-electron chi connectivity index (χ2n) is 7.49. The highest BCUT2D eigenvalue weighted by atomic mass is 32.1. The summed E-state index contributed by atoms with van der Waals surface area (Å²) < 4.78 is 0.588. The summed E-state index contributed by atoms with van der Waals surface area (Å²) in [7, 11) is 5.94. The van der Waals surface area contributed by atoms with Crippen molar-refractivity contribution in [2.75, 3.05) is 27.7 Å². The number of benzene rings is 1. The first kappa shape index (κ1) is 20.1. The minimum Gasteiger partial charge on any atom is -0.481 e. The van der Waals surface area contributed by atoms with Gasteiger partial charge in [0.05, 0.1) is 45.0 Å². The van der Waals surface area contributed by atoms with Crippen molar-refractivity contribution >= 4 is 23.2 Å². The van der Waals surface area contributed by atoms with Crippen molar-refractivity contribution in [2.24, 2.45) is 0 Å². The van der Waals surface area contributed by atoms with Crippen LogP contribution in [0, 0.1) is 0 Å². The molecule has 0 saturated heterocycles. The van der Waals surface area contributed by atoms with Crippen molar-refractivity contribution in [3.05, 3.63) is 57.8 Å². The third-order valence-corrected chi connectivity index (χ3v) is 5.06. The molecule has 6 heteroatoms. The van der Waals surface area contributed by atoms with Gasteiger partial charge < -0.3 is 14.9 Å². The van der Waals surface area contributed by atoms with Crippen LogP contribution in [-0.4, -0.2) is 55.2 Å². The molecule has 2 N–H and O–H groups in total. The minimum atomic E-state index is -0.904. The second-order valence-corrected chi connectivity index (χ2v) is 8.66. The molecule has 1 amide bonds. The van der Waals surface area contributed by atoms with E-state index in [2.05, 4.69) is 17.4 Å². The van der Waals surface area contributed by atoms with E-state index in [1.165, 1.54) is 16.9 Å². The van der Waals surface area contributed by atoms with Gasteiger partial charge in [-0.25, -0.2) is 0 Å². The highest BCUT2D eigenvalue weighted by Gasteiger charge is 2.23. The van der Waals surface area contributed by atoms with Crippen molar-refractivity contribution < 1.29 is 19.2 Å². The van der Waals surface area contributed by atoms with Gasteiger partial charge >= 0.3 is 5.97 Å². The molecule has 1 atom stereocenters. The number of likely N-dealkylation sites (N-methyl/N-ethyl adjacent to an activating group) is 1. The molecular weight excluding hydrogens is 348 g/mol. The summed E-state index contributed by atoms with van der Waals surface area (Å²) in [5.74, 6) is -1.10. The lowest BCUT2D eigenvalue weighted by molar-refractivity contribution is -0.871. The maximum absolute atomic E-state index is 12.5. The summed E-state index contributed by atoms with van der Waals surface area (Å²) in [6.45, 7) is 0.560. The zero-order valence-corrected chi connectivity index (χ0v) is 16.4. The van der Waals surface area contributed by atoms with Crippen molar-refractivity contribution in [2.45, 2.75) is 25.3 Å². The van der Waals surface area contributed by atoms with Gasteiger partial charge in [0.2, 0.25) is 0 Å². The molecule has 1 aromatic heterocycles. The first-order valence-electron chi connectivity index (χ1n) is 8.69.